The minimum absolute atomic E-state index is 0.0802. The lowest BCUT2D eigenvalue weighted by atomic mass is 10.2. The van der Waals surface area contributed by atoms with Crippen molar-refractivity contribution in [2.45, 2.75) is 31.8 Å². The summed E-state index contributed by atoms with van der Waals surface area (Å²) in [6.45, 7) is 0.129. The maximum absolute atomic E-state index is 12.4. The Kier molecular flexibility index (Phi) is 4.84. The van der Waals surface area contributed by atoms with Crippen LogP contribution in [-0.4, -0.2) is 32.9 Å². The minimum Gasteiger partial charge on any atom is -0.349 e. The molecule has 2 N–H and O–H groups in total. The van der Waals surface area contributed by atoms with E-state index >= 15 is 0 Å². The van der Waals surface area contributed by atoms with Crippen molar-refractivity contribution < 1.29 is 9.59 Å². The molecule has 2 amide bonds. The highest BCUT2D eigenvalue weighted by Crippen LogP contribution is 2.19. The van der Waals surface area contributed by atoms with Crippen LogP contribution in [-0.2, 0) is 11.3 Å². The van der Waals surface area contributed by atoms with Crippen molar-refractivity contribution in [1.82, 2.24) is 20.3 Å². The highest BCUT2D eigenvalue weighted by atomic mass is 16.2. The Morgan fingerprint density at radius 3 is 2.57 bits per heavy atom. The van der Waals surface area contributed by atoms with E-state index in [1.54, 1.807) is 48.5 Å². The predicted molar refractivity (Wildman–Crippen MR) is 104 cm³/mol. The average Bonchev–Trinajstić information content (AvgIpc) is 3.52. The van der Waals surface area contributed by atoms with E-state index < -0.39 is 0 Å². The summed E-state index contributed by atoms with van der Waals surface area (Å²) in [4.78, 5) is 36.5. The molecule has 0 saturated heterocycles. The highest BCUT2D eigenvalue weighted by Gasteiger charge is 2.23. The van der Waals surface area contributed by atoms with Gasteiger partial charge in [-0.05, 0) is 49.2 Å². The quantitative estimate of drug-likeness (QED) is 0.680. The van der Waals surface area contributed by atoms with Crippen LogP contribution in [0.5, 0.6) is 0 Å². The van der Waals surface area contributed by atoms with Gasteiger partial charge in [-0.25, -0.2) is 4.68 Å². The third-order valence-electron chi connectivity index (χ3n) is 4.52. The van der Waals surface area contributed by atoms with E-state index in [-0.39, 0.29) is 30.3 Å². The van der Waals surface area contributed by atoms with Crippen LogP contribution in [0.25, 0.3) is 10.9 Å². The normalized spacial score (nSPS) is 13.3. The Morgan fingerprint density at radius 1 is 1.07 bits per heavy atom. The number of amides is 2. The van der Waals surface area contributed by atoms with E-state index in [2.05, 4.69) is 20.9 Å². The van der Waals surface area contributed by atoms with Gasteiger partial charge < -0.3 is 10.6 Å². The predicted octanol–water partition coefficient (Wildman–Crippen LogP) is 1.71. The zero-order valence-electron chi connectivity index (χ0n) is 15.1. The average molecular weight is 377 g/mol. The van der Waals surface area contributed by atoms with Crippen molar-refractivity contribution >= 4 is 28.4 Å². The number of hydrogen-bond acceptors (Lipinski definition) is 5. The van der Waals surface area contributed by atoms with Crippen LogP contribution in [0.2, 0.25) is 0 Å². The van der Waals surface area contributed by atoms with Gasteiger partial charge in [-0.1, -0.05) is 17.3 Å². The van der Waals surface area contributed by atoms with Gasteiger partial charge in [0.25, 0.3) is 11.5 Å². The van der Waals surface area contributed by atoms with E-state index in [4.69, 9.17) is 0 Å². The molecule has 142 valence electrons. The molecule has 1 fully saturated rings. The summed E-state index contributed by atoms with van der Waals surface area (Å²) >= 11 is 0. The molecular weight excluding hydrogens is 358 g/mol. The number of carbonyl (C=O) groups is 2. The Bertz CT molecular complexity index is 1090. The number of nitrogens with zero attached hydrogens (tertiary/aromatic N) is 3. The number of anilines is 1. The summed E-state index contributed by atoms with van der Waals surface area (Å²) in [5, 5.41) is 14.0. The molecule has 28 heavy (non-hydrogen) atoms. The first kappa shape index (κ1) is 17.8. The number of fused-ring (bicyclic) bond motifs is 1. The van der Waals surface area contributed by atoms with Crippen molar-refractivity contribution in [3.8, 4) is 0 Å². The molecule has 0 aliphatic heterocycles. The maximum atomic E-state index is 12.4. The number of aromatic nitrogens is 3. The second-order valence-electron chi connectivity index (χ2n) is 6.76. The van der Waals surface area contributed by atoms with Crippen LogP contribution >= 0.6 is 0 Å². The van der Waals surface area contributed by atoms with Gasteiger partial charge in [-0.15, -0.1) is 5.10 Å². The van der Waals surface area contributed by atoms with E-state index in [1.807, 2.05) is 0 Å². The first-order valence-corrected chi connectivity index (χ1v) is 9.13. The number of carbonyl (C=O) groups excluding carboxylic acids is 2. The third kappa shape index (κ3) is 4.06. The molecule has 8 heteroatoms. The van der Waals surface area contributed by atoms with Crippen molar-refractivity contribution in [2.75, 3.05) is 5.32 Å². The van der Waals surface area contributed by atoms with Crippen molar-refractivity contribution in [1.29, 1.82) is 0 Å². The number of hydrogen-bond donors (Lipinski definition) is 2. The Hall–Kier alpha value is -3.55. The van der Waals surface area contributed by atoms with Gasteiger partial charge in [-0.2, -0.15) is 0 Å². The van der Waals surface area contributed by atoms with Gasteiger partial charge in [0.2, 0.25) is 5.91 Å². The van der Waals surface area contributed by atoms with Crippen molar-refractivity contribution in [3.05, 3.63) is 64.4 Å². The molecule has 0 radical (unpaired) electrons. The van der Waals surface area contributed by atoms with Gasteiger partial charge in [0, 0.05) is 23.7 Å². The molecule has 2 aromatic carbocycles. The summed E-state index contributed by atoms with van der Waals surface area (Å²) in [7, 11) is 0. The maximum Gasteiger partial charge on any atom is 0.277 e. The lowest BCUT2D eigenvalue weighted by Gasteiger charge is -2.08. The second kappa shape index (κ2) is 7.59. The molecule has 0 unspecified atom stereocenters. The zero-order valence-corrected chi connectivity index (χ0v) is 15.1. The van der Waals surface area contributed by atoms with Gasteiger partial charge >= 0.3 is 0 Å². The van der Waals surface area contributed by atoms with Crippen LogP contribution in [0.15, 0.2) is 53.3 Å². The molecule has 0 bridgehead atoms. The lowest BCUT2D eigenvalue weighted by molar-refractivity contribution is -0.116. The number of nitrogens with one attached hydrogen (secondary N) is 2. The van der Waals surface area contributed by atoms with E-state index in [1.165, 1.54) is 4.68 Å². The first-order chi connectivity index (χ1) is 13.6. The van der Waals surface area contributed by atoms with Crippen LogP contribution < -0.4 is 16.2 Å². The Morgan fingerprint density at radius 2 is 1.82 bits per heavy atom. The van der Waals surface area contributed by atoms with Crippen molar-refractivity contribution in [2.24, 2.45) is 0 Å². The highest BCUT2D eigenvalue weighted by molar-refractivity contribution is 5.96. The molecular formula is C20H19N5O3. The molecule has 3 aromatic rings. The molecule has 1 aromatic heterocycles. The Balaban J connectivity index is 1.35. The van der Waals surface area contributed by atoms with Crippen LogP contribution in [0.1, 0.15) is 29.6 Å². The summed E-state index contributed by atoms with van der Waals surface area (Å²) in [6, 6.07) is 14.0. The van der Waals surface area contributed by atoms with Crippen LogP contribution in [0.3, 0.4) is 0 Å². The van der Waals surface area contributed by atoms with Gasteiger partial charge in [-0.3, -0.25) is 14.4 Å². The molecule has 1 aliphatic carbocycles. The fourth-order valence-electron chi connectivity index (χ4n) is 2.80. The largest absolute Gasteiger partial charge is 0.349 e. The lowest BCUT2D eigenvalue weighted by Crippen LogP contribution is -2.26. The van der Waals surface area contributed by atoms with Gasteiger partial charge in [0.15, 0.2) is 0 Å². The topological polar surface area (TPSA) is 106 Å². The number of benzene rings is 2. The Labute approximate surface area is 160 Å². The fourth-order valence-corrected chi connectivity index (χ4v) is 2.80. The molecule has 1 aliphatic rings. The third-order valence-corrected chi connectivity index (χ3v) is 4.52. The smallest absolute Gasteiger partial charge is 0.277 e. The summed E-state index contributed by atoms with van der Waals surface area (Å²) < 4.78 is 1.19. The SMILES string of the molecule is O=C(CCn1nnc2ccccc2c1=O)Nc1ccc(C(=O)NC2CC2)cc1. The minimum atomic E-state index is -0.274. The number of rotatable bonds is 6. The van der Waals surface area contributed by atoms with Crippen molar-refractivity contribution in [3.63, 3.8) is 0 Å². The molecule has 1 heterocycles. The van der Waals surface area contributed by atoms with E-state index in [9.17, 15) is 14.4 Å². The fraction of sp³-hybridized carbons (Fsp3) is 0.250. The molecule has 0 spiro atoms. The van der Waals surface area contributed by atoms with Gasteiger partial charge in [0.1, 0.15) is 5.52 Å². The number of aryl methyl sites for hydroxylation is 1. The van der Waals surface area contributed by atoms with E-state index in [0.717, 1.165) is 12.8 Å². The molecule has 8 nitrogen and oxygen atoms in total. The van der Waals surface area contributed by atoms with Crippen LogP contribution in [0.4, 0.5) is 5.69 Å². The molecule has 1 saturated carbocycles. The van der Waals surface area contributed by atoms with E-state index in [0.29, 0.717) is 28.2 Å². The standard InChI is InChI=1S/C20H19N5O3/c26-18(11-12-25-20(28)16-3-1-2-4-17(16)23-24-25)21-14-7-5-13(6-8-14)19(27)22-15-9-10-15/h1-8,15H,9-12H2,(H,21,26)(H,22,27). The summed E-state index contributed by atoms with van der Waals surface area (Å²) in [5.41, 5.74) is 1.40. The summed E-state index contributed by atoms with van der Waals surface area (Å²) in [6.07, 6.45) is 2.14. The van der Waals surface area contributed by atoms with Crippen LogP contribution in [0, 0.1) is 0 Å². The van der Waals surface area contributed by atoms with Gasteiger partial charge in [0.05, 0.1) is 11.9 Å². The molecule has 4 rings (SSSR count). The monoisotopic (exact) mass is 377 g/mol. The zero-order chi connectivity index (χ0) is 19.5. The molecule has 0 atom stereocenters. The summed E-state index contributed by atoms with van der Waals surface area (Å²) in [5.74, 6) is -0.355. The first-order valence-electron chi connectivity index (χ1n) is 9.13. The second-order valence-corrected chi connectivity index (χ2v) is 6.76.